The molecular formula is C4H3Cl2N3. The third-order valence-corrected chi connectivity index (χ3v) is 1.34. The molecule has 0 amide bonds. The number of anilines is 1. The number of nitrogens with two attached hydrogens (primary N) is 1. The molecule has 48 valence electrons. The van der Waals surface area contributed by atoms with Crippen LogP contribution in [0.15, 0.2) is 6.20 Å². The number of hydrogen-bond acceptors (Lipinski definition) is 3. The normalized spacial score (nSPS) is 9.56. The molecule has 2 N–H and O–H groups in total. The fourth-order valence-electron chi connectivity index (χ4n) is 0.364. The average Bonchev–Trinajstić information content (AvgIpc) is 1.80. The summed E-state index contributed by atoms with van der Waals surface area (Å²) in [5.74, 6) is 0.268. The first-order valence-electron chi connectivity index (χ1n) is 2.13. The summed E-state index contributed by atoms with van der Waals surface area (Å²) in [6, 6.07) is 0. The van der Waals surface area contributed by atoms with Crippen molar-refractivity contribution in [2.45, 2.75) is 0 Å². The number of nitrogens with zero attached hydrogens (tertiary/aromatic N) is 2. The molecule has 0 aromatic carbocycles. The van der Waals surface area contributed by atoms with E-state index >= 15 is 0 Å². The monoisotopic (exact) mass is 163 g/mol. The molecule has 0 aliphatic heterocycles. The molecule has 0 spiro atoms. The fourth-order valence-corrected chi connectivity index (χ4v) is 0.602. The SMILES string of the molecule is Nc1cnc(Cl)c(Cl)n1. The van der Waals surface area contributed by atoms with Gasteiger partial charge in [0.25, 0.3) is 0 Å². The summed E-state index contributed by atoms with van der Waals surface area (Å²) in [5, 5.41) is 0.308. The molecule has 0 atom stereocenters. The molecule has 0 unspecified atom stereocenters. The molecule has 0 radical (unpaired) electrons. The largest absolute Gasteiger partial charge is 0.382 e. The lowest BCUT2D eigenvalue weighted by Crippen LogP contribution is -1.91. The summed E-state index contributed by atoms with van der Waals surface area (Å²) in [4.78, 5) is 7.25. The van der Waals surface area contributed by atoms with Crippen LogP contribution in [0, 0.1) is 0 Å². The molecule has 1 rings (SSSR count). The lowest BCUT2D eigenvalue weighted by molar-refractivity contribution is 1.21. The van der Waals surface area contributed by atoms with E-state index < -0.39 is 0 Å². The summed E-state index contributed by atoms with van der Waals surface area (Å²) in [7, 11) is 0. The third kappa shape index (κ3) is 1.43. The molecule has 1 aromatic heterocycles. The fraction of sp³-hybridized carbons (Fsp3) is 0. The summed E-state index contributed by atoms with van der Waals surface area (Å²) in [6.45, 7) is 0. The predicted molar refractivity (Wildman–Crippen MR) is 36.5 cm³/mol. The van der Waals surface area contributed by atoms with Gasteiger partial charge < -0.3 is 5.73 Å². The Labute approximate surface area is 61.8 Å². The van der Waals surface area contributed by atoms with Crippen molar-refractivity contribution < 1.29 is 0 Å². The first-order valence-corrected chi connectivity index (χ1v) is 2.89. The first-order chi connectivity index (χ1) is 4.20. The van der Waals surface area contributed by atoms with E-state index in [2.05, 4.69) is 9.97 Å². The minimum absolute atomic E-state index is 0.136. The van der Waals surface area contributed by atoms with Crippen LogP contribution in [0.1, 0.15) is 0 Å². The van der Waals surface area contributed by atoms with E-state index in [1.54, 1.807) is 0 Å². The van der Waals surface area contributed by atoms with Crippen molar-refractivity contribution in [3.63, 3.8) is 0 Å². The minimum Gasteiger partial charge on any atom is -0.382 e. The van der Waals surface area contributed by atoms with Gasteiger partial charge in [0.1, 0.15) is 5.82 Å². The molecule has 9 heavy (non-hydrogen) atoms. The van der Waals surface area contributed by atoms with Gasteiger partial charge in [0.15, 0.2) is 10.3 Å². The van der Waals surface area contributed by atoms with Gasteiger partial charge in [-0.2, -0.15) is 0 Å². The van der Waals surface area contributed by atoms with E-state index in [9.17, 15) is 0 Å². The molecule has 0 bridgehead atoms. The lowest BCUT2D eigenvalue weighted by atomic mass is 10.7. The number of halogens is 2. The zero-order valence-corrected chi connectivity index (χ0v) is 5.82. The van der Waals surface area contributed by atoms with Crippen molar-refractivity contribution in [3.05, 3.63) is 16.5 Å². The second-order valence-electron chi connectivity index (χ2n) is 1.38. The van der Waals surface area contributed by atoms with Gasteiger partial charge in [-0.3, -0.25) is 0 Å². The third-order valence-electron chi connectivity index (χ3n) is 0.708. The molecule has 0 saturated carbocycles. The maximum atomic E-state index is 5.43. The number of nitrogen functional groups attached to an aromatic ring is 1. The van der Waals surface area contributed by atoms with E-state index in [1.807, 2.05) is 0 Å². The van der Waals surface area contributed by atoms with Crippen LogP contribution >= 0.6 is 23.2 Å². The van der Waals surface area contributed by atoms with E-state index in [0.717, 1.165) is 0 Å². The molecule has 5 heteroatoms. The number of hydrogen-bond donors (Lipinski definition) is 1. The summed E-state index contributed by atoms with van der Waals surface area (Å²) < 4.78 is 0. The van der Waals surface area contributed by atoms with Crippen molar-refractivity contribution in [2.24, 2.45) is 0 Å². The Balaban J connectivity index is 3.17. The van der Waals surface area contributed by atoms with E-state index in [-0.39, 0.29) is 16.1 Å². The van der Waals surface area contributed by atoms with Crippen molar-refractivity contribution in [2.75, 3.05) is 5.73 Å². The van der Waals surface area contributed by atoms with E-state index in [0.29, 0.717) is 0 Å². The summed E-state index contributed by atoms with van der Waals surface area (Å²) >= 11 is 10.8. The van der Waals surface area contributed by atoms with Crippen LogP contribution in [0.3, 0.4) is 0 Å². The molecule has 0 fully saturated rings. The highest BCUT2D eigenvalue weighted by molar-refractivity contribution is 6.40. The van der Waals surface area contributed by atoms with Crippen molar-refractivity contribution in [1.82, 2.24) is 9.97 Å². The highest BCUT2D eigenvalue weighted by Gasteiger charge is 1.97. The zero-order chi connectivity index (χ0) is 6.85. The molecule has 3 nitrogen and oxygen atoms in total. The average molecular weight is 164 g/mol. The second-order valence-corrected chi connectivity index (χ2v) is 2.09. The summed E-state index contributed by atoms with van der Waals surface area (Å²) in [6.07, 6.45) is 1.34. The molecule has 1 aromatic rings. The lowest BCUT2D eigenvalue weighted by Gasteiger charge is -1.92. The maximum Gasteiger partial charge on any atom is 0.168 e. The number of rotatable bonds is 0. The number of aromatic nitrogens is 2. The minimum atomic E-state index is 0.136. The Morgan fingerprint density at radius 1 is 1.33 bits per heavy atom. The second kappa shape index (κ2) is 2.37. The Hall–Kier alpha value is -0.540. The smallest absolute Gasteiger partial charge is 0.168 e. The van der Waals surface area contributed by atoms with Crippen molar-refractivity contribution >= 4 is 29.0 Å². The van der Waals surface area contributed by atoms with Crippen LogP contribution in [0.25, 0.3) is 0 Å². The van der Waals surface area contributed by atoms with Crippen LogP contribution < -0.4 is 5.73 Å². The van der Waals surface area contributed by atoms with Gasteiger partial charge in [0.2, 0.25) is 0 Å². The van der Waals surface area contributed by atoms with Gasteiger partial charge in [-0.1, -0.05) is 23.2 Å². The summed E-state index contributed by atoms with van der Waals surface area (Å²) in [5.41, 5.74) is 5.21. The molecule has 0 aliphatic rings. The van der Waals surface area contributed by atoms with Crippen LogP contribution in [-0.4, -0.2) is 9.97 Å². The van der Waals surface area contributed by atoms with Gasteiger partial charge in [0, 0.05) is 0 Å². The molecule has 0 aliphatic carbocycles. The first kappa shape index (κ1) is 6.58. The van der Waals surface area contributed by atoms with Crippen LogP contribution in [0.5, 0.6) is 0 Å². The van der Waals surface area contributed by atoms with Crippen molar-refractivity contribution in [3.8, 4) is 0 Å². The van der Waals surface area contributed by atoms with Crippen molar-refractivity contribution in [1.29, 1.82) is 0 Å². The van der Waals surface area contributed by atoms with E-state index in [4.69, 9.17) is 28.9 Å². The van der Waals surface area contributed by atoms with Gasteiger partial charge in [-0.15, -0.1) is 0 Å². The Morgan fingerprint density at radius 2 is 2.00 bits per heavy atom. The van der Waals surface area contributed by atoms with Gasteiger partial charge >= 0.3 is 0 Å². The molecule has 0 saturated heterocycles. The highest BCUT2D eigenvalue weighted by atomic mass is 35.5. The maximum absolute atomic E-state index is 5.43. The predicted octanol–water partition coefficient (Wildman–Crippen LogP) is 1.37. The van der Waals surface area contributed by atoms with Gasteiger partial charge in [0.05, 0.1) is 6.20 Å². The Kier molecular flexibility index (Phi) is 1.73. The quantitative estimate of drug-likeness (QED) is 0.629. The van der Waals surface area contributed by atoms with Crippen LogP contribution in [-0.2, 0) is 0 Å². The highest BCUT2D eigenvalue weighted by Crippen LogP contribution is 2.15. The Bertz CT molecular complexity index is 225. The molecule has 1 heterocycles. The zero-order valence-electron chi connectivity index (χ0n) is 4.31. The van der Waals surface area contributed by atoms with Gasteiger partial charge in [-0.25, -0.2) is 9.97 Å². The van der Waals surface area contributed by atoms with Crippen LogP contribution in [0.2, 0.25) is 10.3 Å². The van der Waals surface area contributed by atoms with E-state index in [1.165, 1.54) is 6.20 Å². The molecular weight excluding hydrogens is 161 g/mol. The van der Waals surface area contributed by atoms with Gasteiger partial charge in [-0.05, 0) is 0 Å². The van der Waals surface area contributed by atoms with Crippen LogP contribution in [0.4, 0.5) is 5.82 Å². The Morgan fingerprint density at radius 3 is 2.44 bits per heavy atom. The standard InChI is InChI=1S/C4H3Cl2N3/c5-3-4(6)9-2(7)1-8-3/h1H,(H2,7,9). The topological polar surface area (TPSA) is 51.8 Å².